The Kier molecular flexibility index (Phi) is 6.07. The topological polar surface area (TPSA) is 60.5 Å². The van der Waals surface area contributed by atoms with Gasteiger partial charge in [-0.15, -0.1) is 0 Å². The zero-order valence-electron chi connectivity index (χ0n) is 18.3. The molecule has 0 radical (unpaired) electrons. The van der Waals surface area contributed by atoms with Crippen molar-refractivity contribution in [2.24, 2.45) is 5.92 Å². The number of carbonyl (C=O) groups excluding carboxylic acids is 1. The van der Waals surface area contributed by atoms with Crippen LogP contribution in [0.3, 0.4) is 0 Å². The summed E-state index contributed by atoms with van der Waals surface area (Å²) in [5.74, 6) is 0.326. The van der Waals surface area contributed by atoms with Crippen molar-refractivity contribution in [1.29, 1.82) is 0 Å². The fourth-order valence-corrected chi connectivity index (χ4v) is 4.94. The van der Waals surface area contributed by atoms with Crippen molar-refractivity contribution in [2.45, 2.75) is 31.7 Å². The summed E-state index contributed by atoms with van der Waals surface area (Å²) in [4.78, 5) is 21.4. The largest absolute Gasteiger partial charge is 0.371 e. The van der Waals surface area contributed by atoms with Gasteiger partial charge in [-0.2, -0.15) is 0 Å². The minimum atomic E-state index is 0.114. The molecule has 0 spiro atoms. The molecule has 3 heterocycles. The Bertz CT molecular complexity index is 1020. The van der Waals surface area contributed by atoms with Crippen molar-refractivity contribution >= 4 is 34.6 Å². The maximum atomic E-state index is 12.3. The third-order valence-electron chi connectivity index (χ3n) is 6.67. The molecule has 1 saturated carbocycles. The molecule has 1 unspecified atom stereocenters. The van der Waals surface area contributed by atoms with Gasteiger partial charge in [0.25, 0.3) is 0 Å². The molecule has 5 rings (SSSR count). The molecule has 1 aromatic heterocycles. The van der Waals surface area contributed by atoms with Crippen molar-refractivity contribution in [1.82, 2.24) is 15.2 Å². The standard InChI is InChI=1S/C25H30ClN5O/c1-17(31-11-8-27-16-24(31)19-12-20(26)15-28-14-19)22-7-6-21(29-25(32)18-4-5-18)13-23(22)30-9-2-3-10-30/h6-7,12-15,18,24,27H,1-5,8-11,16H2,(H,29,32). The molecule has 1 atom stereocenters. The minimum absolute atomic E-state index is 0.114. The Balaban J connectivity index is 1.46. The van der Waals surface area contributed by atoms with Gasteiger partial charge in [-0.25, -0.2) is 0 Å². The van der Waals surface area contributed by atoms with E-state index >= 15 is 0 Å². The number of piperazine rings is 1. The van der Waals surface area contributed by atoms with Crippen LogP contribution in [0.15, 0.2) is 43.2 Å². The zero-order chi connectivity index (χ0) is 22.1. The number of pyridine rings is 1. The molecule has 2 aromatic rings. The Morgan fingerprint density at radius 3 is 2.72 bits per heavy atom. The minimum Gasteiger partial charge on any atom is -0.371 e. The van der Waals surface area contributed by atoms with Crippen molar-refractivity contribution < 1.29 is 4.79 Å². The number of benzene rings is 1. The second-order valence-electron chi connectivity index (χ2n) is 8.99. The number of anilines is 2. The first kappa shape index (κ1) is 21.3. The molecule has 7 heteroatoms. The third kappa shape index (κ3) is 4.48. The molecule has 3 fully saturated rings. The molecular formula is C25H30ClN5O. The van der Waals surface area contributed by atoms with Crippen LogP contribution in [0, 0.1) is 5.92 Å². The average Bonchev–Trinajstić information content (AvgIpc) is 3.53. The number of nitrogens with zero attached hydrogens (tertiary/aromatic N) is 3. The van der Waals surface area contributed by atoms with E-state index in [1.807, 2.05) is 18.3 Å². The summed E-state index contributed by atoms with van der Waals surface area (Å²) in [6.45, 7) is 9.17. The second-order valence-corrected chi connectivity index (χ2v) is 9.42. The SMILES string of the molecule is C=C(c1ccc(NC(=O)C2CC2)cc1N1CCCC1)N1CCNCC1c1cncc(Cl)c1. The summed E-state index contributed by atoms with van der Waals surface area (Å²) in [6.07, 6.45) is 7.94. The van der Waals surface area contributed by atoms with Gasteiger partial charge in [0.05, 0.1) is 11.1 Å². The van der Waals surface area contributed by atoms with E-state index < -0.39 is 0 Å². The molecule has 2 saturated heterocycles. The lowest BCUT2D eigenvalue weighted by molar-refractivity contribution is -0.117. The number of rotatable bonds is 6. The normalized spacial score (nSPS) is 21.0. The fraction of sp³-hybridized carbons (Fsp3) is 0.440. The number of hydrogen-bond donors (Lipinski definition) is 2. The maximum Gasteiger partial charge on any atom is 0.227 e. The van der Waals surface area contributed by atoms with E-state index in [2.05, 4.69) is 44.1 Å². The molecule has 32 heavy (non-hydrogen) atoms. The Morgan fingerprint density at radius 2 is 1.97 bits per heavy atom. The highest BCUT2D eigenvalue weighted by atomic mass is 35.5. The lowest BCUT2D eigenvalue weighted by atomic mass is 10.0. The van der Waals surface area contributed by atoms with Crippen molar-refractivity contribution in [3.05, 3.63) is 59.4 Å². The van der Waals surface area contributed by atoms with Crippen LogP contribution in [-0.2, 0) is 4.79 Å². The van der Waals surface area contributed by atoms with Crippen LogP contribution in [0.1, 0.15) is 42.9 Å². The summed E-state index contributed by atoms with van der Waals surface area (Å²) in [5.41, 5.74) is 5.23. The highest BCUT2D eigenvalue weighted by Crippen LogP contribution is 2.38. The molecule has 3 aliphatic rings. The summed E-state index contributed by atoms with van der Waals surface area (Å²) in [6, 6.07) is 8.36. The lowest BCUT2D eigenvalue weighted by Gasteiger charge is -2.40. The van der Waals surface area contributed by atoms with Crippen LogP contribution in [0.5, 0.6) is 0 Å². The van der Waals surface area contributed by atoms with Gasteiger partial charge in [-0.1, -0.05) is 18.2 Å². The highest BCUT2D eigenvalue weighted by molar-refractivity contribution is 6.30. The molecule has 2 N–H and O–H groups in total. The molecule has 6 nitrogen and oxygen atoms in total. The molecular weight excluding hydrogens is 422 g/mol. The van der Waals surface area contributed by atoms with Crippen LogP contribution < -0.4 is 15.5 Å². The number of amides is 1. The smallest absolute Gasteiger partial charge is 0.227 e. The number of halogens is 1. The summed E-state index contributed by atoms with van der Waals surface area (Å²) >= 11 is 6.24. The number of aromatic nitrogens is 1. The quantitative estimate of drug-likeness (QED) is 0.685. The summed E-state index contributed by atoms with van der Waals surface area (Å²) in [5, 5.41) is 7.25. The van der Waals surface area contributed by atoms with Crippen molar-refractivity contribution in [2.75, 3.05) is 42.9 Å². The molecule has 0 bridgehead atoms. The van der Waals surface area contributed by atoms with Crippen molar-refractivity contribution in [3.8, 4) is 0 Å². The van der Waals surface area contributed by atoms with Crippen LogP contribution in [0.25, 0.3) is 5.70 Å². The van der Waals surface area contributed by atoms with Crippen molar-refractivity contribution in [3.63, 3.8) is 0 Å². The van der Waals surface area contributed by atoms with Gasteiger partial charge >= 0.3 is 0 Å². The Morgan fingerprint density at radius 1 is 1.16 bits per heavy atom. The van der Waals surface area contributed by atoms with E-state index in [9.17, 15) is 4.79 Å². The number of carbonyl (C=O) groups is 1. The number of nitrogens with one attached hydrogen (secondary N) is 2. The van der Waals surface area contributed by atoms with Crippen LogP contribution in [-0.4, -0.2) is 48.5 Å². The number of hydrogen-bond acceptors (Lipinski definition) is 5. The van der Waals surface area contributed by atoms with Gasteiger partial charge in [0.1, 0.15) is 0 Å². The first-order chi connectivity index (χ1) is 15.6. The van der Waals surface area contributed by atoms with Gasteiger partial charge in [-0.05, 0) is 55.5 Å². The molecule has 2 aliphatic heterocycles. The molecule has 1 aromatic carbocycles. The Labute approximate surface area is 194 Å². The molecule has 1 amide bonds. The van der Waals surface area contributed by atoms with Crippen LogP contribution in [0.4, 0.5) is 11.4 Å². The van der Waals surface area contributed by atoms with E-state index in [-0.39, 0.29) is 17.9 Å². The van der Waals surface area contributed by atoms with E-state index in [0.717, 1.165) is 73.8 Å². The highest BCUT2D eigenvalue weighted by Gasteiger charge is 2.31. The first-order valence-electron chi connectivity index (χ1n) is 11.6. The Hall–Kier alpha value is -2.57. The molecule has 1 aliphatic carbocycles. The maximum absolute atomic E-state index is 12.3. The van der Waals surface area contributed by atoms with Gasteiger partial charge in [-0.3, -0.25) is 9.78 Å². The predicted octanol–water partition coefficient (Wildman–Crippen LogP) is 4.30. The first-order valence-corrected chi connectivity index (χ1v) is 11.9. The summed E-state index contributed by atoms with van der Waals surface area (Å²) < 4.78 is 0. The van der Waals surface area contributed by atoms with Gasteiger partial charge in [0, 0.05) is 73.7 Å². The second kappa shape index (κ2) is 9.12. The predicted molar refractivity (Wildman–Crippen MR) is 130 cm³/mol. The third-order valence-corrected chi connectivity index (χ3v) is 6.88. The average molecular weight is 452 g/mol. The summed E-state index contributed by atoms with van der Waals surface area (Å²) in [7, 11) is 0. The fourth-order valence-electron chi connectivity index (χ4n) is 4.75. The van der Waals surface area contributed by atoms with Crippen LogP contribution >= 0.6 is 11.6 Å². The van der Waals surface area contributed by atoms with Crippen LogP contribution in [0.2, 0.25) is 5.02 Å². The molecule has 168 valence electrons. The monoisotopic (exact) mass is 451 g/mol. The van der Waals surface area contributed by atoms with E-state index in [1.165, 1.54) is 12.8 Å². The van der Waals surface area contributed by atoms with Gasteiger partial charge in [0.2, 0.25) is 5.91 Å². The zero-order valence-corrected chi connectivity index (χ0v) is 19.1. The van der Waals surface area contributed by atoms with E-state index in [0.29, 0.717) is 5.02 Å². The lowest BCUT2D eigenvalue weighted by Crippen LogP contribution is -2.45. The van der Waals surface area contributed by atoms with E-state index in [1.54, 1.807) is 6.20 Å². The van der Waals surface area contributed by atoms with Gasteiger partial charge < -0.3 is 20.4 Å². The van der Waals surface area contributed by atoms with Gasteiger partial charge in [0.15, 0.2) is 0 Å². The van der Waals surface area contributed by atoms with E-state index in [4.69, 9.17) is 11.6 Å².